The van der Waals surface area contributed by atoms with Crippen LogP contribution in [-0.2, 0) is 52.6 Å². The molecule has 0 saturated heterocycles. The fourth-order valence-corrected chi connectivity index (χ4v) is 4.52. The Hall–Kier alpha value is -3.79. The molecule has 0 heterocycles. The second-order valence-electron chi connectivity index (χ2n) is 10.9. The lowest BCUT2D eigenvalue weighted by Gasteiger charge is -2.28. The van der Waals surface area contributed by atoms with Crippen LogP contribution < -0.4 is 31.9 Å². The summed E-state index contributed by atoms with van der Waals surface area (Å²) in [5.41, 5.74) is 0. The summed E-state index contributed by atoms with van der Waals surface area (Å²) in [6.45, 7) is 0.0744. The highest BCUT2D eigenvalue weighted by molar-refractivity contribution is 9.09. The summed E-state index contributed by atoms with van der Waals surface area (Å²) in [4.78, 5) is 109. The van der Waals surface area contributed by atoms with Crippen molar-refractivity contribution in [2.75, 3.05) is 82.8 Å². The predicted octanol–water partition coefficient (Wildman–Crippen LogP) is -2.34. The van der Waals surface area contributed by atoms with Crippen LogP contribution >= 0.6 is 39.1 Å². The minimum absolute atomic E-state index is 0.0181. The van der Waals surface area contributed by atoms with Gasteiger partial charge in [-0.05, 0) is 19.3 Å². The molecule has 20 nitrogen and oxygen atoms in total. The highest BCUT2D eigenvalue weighted by atomic mass is 79.9. The maximum atomic E-state index is 13.4. The van der Waals surface area contributed by atoms with E-state index in [1.807, 2.05) is 0 Å². The number of carboxylic acids is 2. The fourth-order valence-electron chi connectivity index (χ4n) is 4.13. The Balaban J connectivity index is 4.85. The number of nitrogens with one attached hydrogen (secondary N) is 6. The molecule has 23 heteroatoms. The van der Waals surface area contributed by atoms with Crippen LogP contribution in [0.1, 0.15) is 38.5 Å². The van der Waals surface area contributed by atoms with E-state index in [1.54, 1.807) is 0 Å². The third kappa shape index (κ3) is 26.6. The van der Waals surface area contributed by atoms with E-state index in [0.717, 1.165) is 0 Å². The highest BCUT2D eigenvalue weighted by Gasteiger charge is 2.28. The molecule has 0 spiro atoms. The molecule has 0 aromatic rings. The van der Waals surface area contributed by atoms with Gasteiger partial charge in [-0.15, -0.1) is 23.2 Å². The van der Waals surface area contributed by atoms with Gasteiger partial charge in [0.15, 0.2) is 0 Å². The van der Waals surface area contributed by atoms with Gasteiger partial charge in [-0.1, -0.05) is 15.9 Å². The molecule has 0 aromatic carbocycles. The molecule has 302 valence electrons. The smallest absolute Gasteiger partial charge is 0.326 e. The number of hydrogen-bond donors (Lipinski definition) is 8. The van der Waals surface area contributed by atoms with E-state index < -0.39 is 73.0 Å². The lowest BCUT2D eigenvalue weighted by atomic mass is 10.1. The minimum atomic E-state index is -1.50. The van der Waals surface area contributed by atoms with Crippen LogP contribution in [0.4, 0.5) is 0 Å². The summed E-state index contributed by atoms with van der Waals surface area (Å²) in [6, 6.07) is -2.86. The summed E-state index contributed by atoms with van der Waals surface area (Å²) in [5.74, 6) is -7.06. The van der Waals surface area contributed by atoms with Gasteiger partial charge in [-0.3, -0.25) is 38.4 Å². The Morgan fingerprint density at radius 2 is 1.15 bits per heavy atom. The molecule has 0 aromatic heterocycles. The molecule has 8 N–H and O–H groups in total. The second kappa shape index (κ2) is 30.6. The topological polar surface area (TPSA) is 288 Å². The van der Waals surface area contributed by atoms with Crippen LogP contribution in [0.25, 0.3) is 0 Å². The van der Waals surface area contributed by atoms with Gasteiger partial charge in [0.1, 0.15) is 30.5 Å². The number of nitrogens with zero attached hydrogens (tertiary/aromatic N) is 1. The molecule has 0 aliphatic rings. The van der Waals surface area contributed by atoms with Crippen molar-refractivity contribution in [1.29, 1.82) is 0 Å². The van der Waals surface area contributed by atoms with E-state index in [1.165, 1.54) is 4.90 Å². The van der Waals surface area contributed by atoms with E-state index >= 15 is 0 Å². The first-order chi connectivity index (χ1) is 25.2. The zero-order valence-corrected chi connectivity index (χ0v) is 32.2. The SMILES string of the molecule is O=C(O)CC[C@H](NC(=O)CC[C@H](NC(=O)COCCOCCNC(=O)CCCNC(=O)CBr)C(=O)O)C(=O)N(CCNC(=O)CCl)CCNC(=O)CCl. The van der Waals surface area contributed by atoms with Gasteiger partial charge >= 0.3 is 11.9 Å². The third-order valence-electron chi connectivity index (χ3n) is 6.73. The standard InChI is InChI=1S/C30H48BrCl2N7O13/c31-16-24(43)34-7-1-2-22(41)37-10-13-52-14-15-53-19-27(46)39-21(30(50)51)3-5-23(42)38-20(4-6-28(47)48)29(49)40(11-8-35-25(44)17-32)12-9-36-26(45)18-33/h20-21H,1-19H2,(H,34,43)(H,35,44)(H,36,45)(H,37,41)(H,38,42)(H,39,46)(H,47,48)(H,50,51)/t20-,21-/m0/s1. The Bertz CT molecular complexity index is 1200. The quantitative estimate of drug-likeness (QED) is 0.0268. The largest absolute Gasteiger partial charge is 0.481 e. The van der Waals surface area contributed by atoms with Crippen LogP contribution in [-0.4, -0.2) is 163 Å². The number of carbonyl (C=O) groups is 9. The molecule has 0 radical (unpaired) electrons. The van der Waals surface area contributed by atoms with Crippen molar-refractivity contribution in [2.45, 2.75) is 50.6 Å². The van der Waals surface area contributed by atoms with Crippen molar-refractivity contribution < 1.29 is 62.8 Å². The van der Waals surface area contributed by atoms with Crippen molar-refractivity contribution in [3.8, 4) is 0 Å². The molecule has 0 rings (SSSR count). The molecule has 2 atom stereocenters. The van der Waals surface area contributed by atoms with Gasteiger partial charge in [0.2, 0.25) is 41.4 Å². The van der Waals surface area contributed by atoms with Crippen LogP contribution in [0.5, 0.6) is 0 Å². The molecule has 53 heavy (non-hydrogen) atoms. The summed E-state index contributed by atoms with van der Waals surface area (Å²) in [5, 5.41) is 33.8. The average Bonchev–Trinajstić information content (AvgIpc) is 3.12. The van der Waals surface area contributed by atoms with Crippen molar-refractivity contribution in [3.05, 3.63) is 0 Å². The van der Waals surface area contributed by atoms with Crippen LogP contribution in [0.15, 0.2) is 0 Å². The molecule has 0 unspecified atom stereocenters. The molecule has 0 bridgehead atoms. The number of carbonyl (C=O) groups excluding carboxylic acids is 7. The number of amides is 7. The molecular formula is C30H48BrCl2N7O13. The predicted molar refractivity (Wildman–Crippen MR) is 192 cm³/mol. The van der Waals surface area contributed by atoms with Crippen LogP contribution in [0.3, 0.4) is 0 Å². The van der Waals surface area contributed by atoms with E-state index in [9.17, 15) is 53.4 Å². The van der Waals surface area contributed by atoms with Gasteiger partial charge in [0.05, 0.1) is 25.2 Å². The third-order valence-corrected chi connectivity index (χ3v) is 7.73. The number of alkyl halides is 3. The van der Waals surface area contributed by atoms with E-state index in [2.05, 4.69) is 47.8 Å². The van der Waals surface area contributed by atoms with E-state index in [-0.39, 0.29) is 101 Å². The number of hydrogen-bond acceptors (Lipinski definition) is 11. The molecule has 7 amide bonds. The lowest BCUT2D eigenvalue weighted by Crippen LogP contribution is -2.52. The van der Waals surface area contributed by atoms with Gasteiger partial charge in [-0.25, -0.2) is 4.79 Å². The molecule has 0 saturated carbocycles. The lowest BCUT2D eigenvalue weighted by molar-refractivity contribution is -0.143. The minimum Gasteiger partial charge on any atom is -0.481 e. The average molecular weight is 866 g/mol. The Kier molecular flexibility index (Phi) is 28.5. The molecule has 0 fully saturated rings. The van der Waals surface area contributed by atoms with Crippen LogP contribution in [0, 0.1) is 0 Å². The van der Waals surface area contributed by atoms with Gasteiger partial charge in [0, 0.05) is 58.5 Å². The Labute approximate surface area is 324 Å². The zero-order valence-electron chi connectivity index (χ0n) is 29.1. The van der Waals surface area contributed by atoms with Gasteiger partial charge in [-0.2, -0.15) is 0 Å². The highest BCUT2D eigenvalue weighted by Crippen LogP contribution is 2.06. The second-order valence-corrected chi connectivity index (χ2v) is 12.0. The zero-order chi connectivity index (χ0) is 40.0. The van der Waals surface area contributed by atoms with Crippen molar-refractivity contribution >= 4 is 92.4 Å². The summed E-state index contributed by atoms with van der Waals surface area (Å²) in [6.07, 6.45) is -0.977. The molecule has 0 aliphatic carbocycles. The summed E-state index contributed by atoms with van der Waals surface area (Å²) in [7, 11) is 0. The van der Waals surface area contributed by atoms with Crippen molar-refractivity contribution in [1.82, 2.24) is 36.8 Å². The summed E-state index contributed by atoms with van der Waals surface area (Å²) >= 11 is 14.0. The van der Waals surface area contributed by atoms with Gasteiger partial charge in [0.25, 0.3) is 0 Å². The molecule has 0 aliphatic heterocycles. The number of carboxylic acid groups (broad SMARTS) is 2. The Morgan fingerprint density at radius 1 is 0.604 bits per heavy atom. The first-order valence-electron chi connectivity index (χ1n) is 16.5. The van der Waals surface area contributed by atoms with E-state index in [4.69, 9.17) is 32.7 Å². The number of aliphatic carboxylic acids is 2. The van der Waals surface area contributed by atoms with Crippen LogP contribution in [0.2, 0.25) is 0 Å². The first kappa shape index (κ1) is 49.2. The maximum absolute atomic E-state index is 13.4. The maximum Gasteiger partial charge on any atom is 0.326 e. The van der Waals surface area contributed by atoms with Crippen molar-refractivity contribution in [3.63, 3.8) is 0 Å². The normalized spacial score (nSPS) is 11.7. The van der Waals surface area contributed by atoms with Crippen molar-refractivity contribution in [2.24, 2.45) is 0 Å². The first-order valence-corrected chi connectivity index (χ1v) is 18.6. The Morgan fingerprint density at radius 3 is 1.72 bits per heavy atom. The summed E-state index contributed by atoms with van der Waals surface area (Å²) < 4.78 is 10.5. The van der Waals surface area contributed by atoms with Gasteiger partial charge < -0.3 is 56.5 Å². The fraction of sp³-hybridized carbons (Fsp3) is 0.700. The number of halogens is 3. The number of ether oxygens (including phenoxy) is 2. The molecular weight excluding hydrogens is 817 g/mol. The monoisotopic (exact) mass is 863 g/mol. The van der Waals surface area contributed by atoms with E-state index in [0.29, 0.717) is 13.0 Å². The number of rotatable bonds is 31.